The molecule has 0 radical (unpaired) electrons. The van der Waals surface area contributed by atoms with Gasteiger partial charge in [0.15, 0.2) is 11.5 Å². The maximum absolute atomic E-state index is 12.6. The number of rotatable bonds is 2. The summed E-state index contributed by atoms with van der Waals surface area (Å²) in [6.45, 7) is 7.18. The zero-order valence-electron chi connectivity index (χ0n) is 15.1. The summed E-state index contributed by atoms with van der Waals surface area (Å²) < 4.78 is 10.6. The van der Waals surface area contributed by atoms with Crippen molar-refractivity contribution in [1.29, 1.82) is 0 Å². The minimum absolute atomic E-state index is 0.215. The standard InChI is InChI=1S/C18H22N4O4/c1-18(2,3)25-17(24)22-9-7-21(8-10-22)16(23)14-11-15(26-20-14)13-5-4-6-19-12-13/h4-6,11-12H,7-10H2,1-3H3. The third-order valence-electron chi connectivity index (χ3n) is 3.89. The number of nitrogens with zero attached hydrogens (tertiary/aromatic N) is 4. The van der Waals surface area contributed by atoms with E-state index in [1.54, 1.807) is 34.3 Å². The number of aromatic nitrogens is 2. The minimum Gasteiger partial charge on any atom is -0.444 e. The molecule has 0 bridgehead atoms. The fourth-order valence-corrected chi connectivity index (χ4v) is 2.60. The smallest absolute Gasteiger partial charge is 0.410 e. The molecule has 0 unspecified atom stereocenters. The molecule has 1 saturated heterocycles. The van der Waals surface area contributed by atoms with Gasteiger partial charge in [-0.15, -0.1) is 0 Å². The molecule has 0 aromatic carbocycles. The SMILES string of the molecule is CC(C)(C)OC(=O)N1CCN(C(=O)c2cc(-c3cccnc3)on2)CC1. The first kappa shape index (κ1) is 17.9. The number of carbonyl (C=O) groups excluding carboxylic acids is 2. The molecule has 0 N–H and O–H groups in total. The first-order valence-electron chi connectivity index (χ1n) is 8.48. The molecule has 138 valence electrons. The molecule has 0 saturated carbocycles. The van der Waals surface area contributed by atoms with Crippen LogP contribution in [-0.2, 0) is 4.74 Å². The molecule has 0 spiro atoms. The number of pyridine rings is 1. The van der Waals surface area contributed by atoms with E-state index in [-0.39, 0.29) is 17.7 Å². The van der Waals surface area contributed by atoms with Gasteiger partial charge in [0.25, 0.3) is 5.91 Å². The van der Waals surface area contributed by atoms with Crippen molar-refractivity contribution in [2.45, 2.75) is 26.4 Å². The van der Waals surface area contributed by atoms with Gasteiger partial charge in [-0.3, -0.25) is 9.78 Å². The summed E-state index contributed by atoms with van der Waals surface area (Å²) in [5, 5.41) is 3.87. The van der Waals surface area contributed by atoms with Gasteiger partial charge in [-0.25, -0.2) is 4.79 Å². The lowest BCUT2D eigenvalue weighted by Crippen LogP contribution is -2.51. The van der Waals surface area contributed by atoms with Gasteiger partial charge in [-0.05, 0) is 32.9 Å². The quantitative estimate of drug-likeness (QED) is 0.819. The van der Waals surface area contributed by atoms with Crippen LogP contribution in [0.4, 0.5) is 4.79 Å². The Morgan fingerprint density at radius 3 is 2.46 bits per heavy atom. The molecular weight excluding hydrogens is 336 g/mol. The highest BCUT2D eigenvalue weighted by molar-refractivity contribution is 5.93. The second-order valence-electron chi connectivity index (χ2n) is 7.08. The van der Waals surface area contributed by atoms with Crippen molar-refractivity contribution in [2.24, 2.45) is 0 Å². The Morgan fingerprint density at radius 2 is 1.85 bits per heavy atom. The van der Waals surface area contributed by atoms with Crippen LogP contribution in [0.5, 0.6) is 0 Å². The van der Waals surface area contributed by atoms with Crippen LogP contribution in [0, 0.1) is 0 Å². The molecule has 1 aliphatic rings. The van der Waals surface area contributed by atoms with Crippen LogP contribution in [-0.4, -0.2) is 63.7 Å². The van der Waals surface area contributed by atoms with Crippen molar-refractivity contribution in [3.63, 3.8) is 0 Å². The topological polar surface area (TPSA) is 88.8 Å². The highest BCUT2D eigenvalue weighted by Crippen LogP contribution is 2.20. The second kappa shape index (κ2) is 7.15. The predicted molar refractivity (Wildman–Crippen MR) is 93.4 cm³/mol. The predicted octanol–water partition coefficient (Wildman–Crippen LogP) is 2.43. The van der Waals surface area contributed by atoms with Crippen molar-refractivity contribution < 1.29 is 18.8 Å². The molecule has 1 fully saturated rings. The molecule has 8 nitrogen and oxygen atoms in total. The molecule has 2 aromatic rings. The number of ether oxygens (including phenoxy) is 1. The van der Waals surface area contributed by atoms with E-state index < -0.39 is 5.60 Å². The first-order valence-corrected chi connectivity index (χ1v) is 8.48. The highest BCUT2D eigenvalue weighted by Gasteiger charge is 2.29. The minimum atomic E-state index is -0.534. The summed E-state index contributed by atoms with van der Waals surface area (Å²) in [6.07, 6.45) is 2.95. The van der Waals surface area contributed by atoms with E-state index in [2.05, 4.69) is 10.1 Å². The third-order valence-corrected chi connectivity index (χ3v) is 3.89. The van der Waals surface area contributed by atoms with E-state index in [0.29, 0.717) is 31.9 Å². The van der Waals surface area contributed by atoms with Crippen LogP contribution in [0.3, 0.4) is 0 Å². The molecule has 26 heavy (non-hydrogen) atoms. The number of piperazine rings is 1. The maximum Gasteiger partial charge on any atom is 0.410 e. The largest absolute Gasteiger partial charge is 0.444 e. The van der Waals surface area contributed by atoms with Crippen molar-refractivity contribution >= 4 is 12.0 Å². The van der Waals surface area contributed by atoms with Crippen molar-refractivity contribution in [2.75, 3.05) is 26.2 Å². The van der Waals surface area contributed by atoms with Crippen molar-refractivity contribution in [1.82, 2.24) is 19.9 Å². The molecule has 8 heteroatoms. The first-order chi connectivity index (χ1) is 12.3. The van der Waals surface area contributed by atoms with Gasteiger partial charge < -0.3 is 19.1 Å². The lowest BCUT2D eigenvalue weighted by atomic mass is 10.2. The lowest BCUT2D eigenvalue weighted by molar-refractivity contribution is 0.0139. The summed E-state index contributed by atoms with van der Waals surface area (Å²) in [5.41, 5.74) is 0.469. The zero-order valence-corrected chi connectivity index (χ0v) is 15.1. The van der Waals surface area contributed by atoms with Crippen LogP contribution >= 0.6 is 0 Å². The van der Waals surface area contributed by atoms with Gasteiger partial charge in [0.1, 0.15) is 5.60 Å². The number of amides is 2. The highest BCUT2D eigenvalue weighted by atomic mass is 16.6. The molecule has 1 aliphatic heterocycles. The van der Waals surface area contributed by atoms with Gasteiger partial charge in [0.05, 0.1) is 0 Å². The Bertz CT molecular complexity index is 774. The number of carbonyl (C=O) groups is 2. The Balaban J connectivity index is 1.59. The van der Waals surface area contributed by atoms with Gasteiger partial charge in [-0.2, -0.15) is 0 Å². The van der Waals surface area contributed by atoms with Crippen molar-refractivity contribution in [3.05, 3.63) is 36.3 Å². The van der Waals surface area contributed by atoms with Crippen LogP contribution < -0.4 is 0 Å². The van der Waals surface area contributed by atoms with Crippen LogP contribution in [0.1, 0.15) is 31.3 Å². The molecule has 0 atom stereocenters. The number of hydrogen-bond acceptors (Lipinski definition) is 6. The Morgan fingerprint density at radius 1 is 1.15 bits per heavy atom. The molecular formula is C18H22N4O4. The molecule has 0 aliphatic carbocycles. The van der Waals surface area contributed by atoms with Crippen LogP contribution in [0.25, 0.3) is 11.3 Å². The van der Waals surface area contributed by atoms with E-state index in [1.807, 2.05) is 26.8 Å². The Hall–Kier alpha value is -2.90. The van der Waals surface area contributed by atoms with Gasteiger partial charge >= 0.3 is 6.09 Å². The molecule has 2 aromatic heterocycles. The van der Waals surface area contributed by atoms with Gasteiger partial charge in [0.2, 0.25) is 0 Å². The monoisotopic (exact) mass is 358 g/mol. The Labute approximate surface area is 151 Å². The molecule has 2 amide bonds. The van der Waals surface area contributed by atoms with E-state index in [9.17, 15) is 9.59 Å². The lowest BCUT2D eigenvalue weighted by Gasteiger charge is -2.35. The van der Waals surface area contributed by atoms with E-state index in [4.69, 9.17) is 9.26 Å². The normalized spacial score (nSPS) is 15.0. The Kier molecular flexibility index (Phi) is 4.92. The van der Waals surface area contributed by atoms with Crippen molar-refractivity contribution in [3.8, 4) is 11.3 Å². The number of hydrogen-bond donors (Lipinski definition) is 0. The van der Waals surface area contributed by atoms with Gasteiger partial charge in [-0.1, -0.05) is 5.16 Å². The summed E-state index contributed by atoms with van der Waals surface area (Å²) in [5.74, 6) is 0.279. The molecule has 3 heterocycles. The zero-order chi connectivity index (χ0) is 18.7. The average Bonchev–Trinajstić information content (AvgIpc) is 3.11. The van der Waals surface area contributed by atoms with E-state index in [1.165, 1.54) is 0 Å². The average molecular weight is 358 g/mol. The molecule has 3 rings (SSSR count). The fraction of sp³-hybridized carbons (Fsp3) is 0.444. The van der Waals surface area contributed by atoms with E-state index in [0.717, 1.165) is 5.56 Å². The van der Waals surface area contributed by atoms with E-state index >= 15 is 0 Å². The van der Waals surface area contributed by atoms with Crippen LogP contribution in [0.2, 0.25) is 0 Å². The third kappa shape index (κ3) is 4.19. The summed E-state index contributed by atoms with van der Waals surface area (Å²) in [4.78, 5) is 32.0. The summed E-state index contributed by atoms with van der Waals surface area (Å²) in [6, 6.07) is 5.23. The summed E-state index contributed by atoms with van der Waals surface area (Å²) in [7, 11) is 0. The van der Waals surface area contributed by atoms with Crippen LogP contribution in [0.15, 0.2) is 35.1 Å². The summed E-state index contributed by atoms with van der Waals surface area (Å²) >= 11 is 0. The van der Waals surface area contributed by atoms with Gasteiger partial charge in [0, 0.05) is 50.2 Å². The second-order valence-corrected chi connectivity index (χ2v) is 7.08. The fourth-order valence-electron chi connectivity index (χ4n) is 2.60. The maximum atomic E-state index is 12.6.